The van der Waals surface area contributed by atoms with Gasteiger partial charge in [0.05, 0.1) is 0 Å². The predicted molar refractivity (Wildman–Crippen MR) is 139 cm³/mol. The molecule has 4 rings (SSSR count). The Morgan fingerprint density at radius 3 is 0.938 bits per heavy atom. The topological polar surface area (TPSA) is 6.48 Å². The van der Waals surface area contributed by atoms with Crippen LogP contribution in [0.3, 0.4) is 0 Å². The summed E-state index contributed by atoms with van der Waals surface area (Å²) in [6.07, 6.45) is 0. The van der Waals surface area contributed by atoms with Crippen LogP contribution in [0.1, 0.15) is 22.3 Å². The van der Waals surface area contributed by atoms with Crippen LogP contribution in [-0.2, 0) is 0 Å². The summed E-state index contributed by atoms with van der Waals surface area (Å²) >= 11 is 0. The molecule has 0 saturated carbocycles. The lowest BCUT2D eigenvalue weighted by molar-refractivity contribution is 1.13. The highest BCUT2D eigenvalue weighted by atomic mass is 15.1. The molecule has 0 atom stereocenters. The van der Waals surface area contributed by atoms with Gasteiger partial charge in [-0.25, -0.2) is 0 Å². The van der Waals surface area contributed by atoms with E-state index in [0.29, 0.717) is 0 Å². The van der Waals surface area contributed by atoms with E-state index in [0.717, 1.165) is 0 Å². The van der Waals surface area contributed by atoms with Crippen LogP contribution >= 0.6 is 0 Å². The molecule has 2 nitrogen and oxygen atoms in total. The van der Waals surface area contributed by atoms with E-state index < -0.39 is 0 Å². The van der Waals surface area contributed by atoms with Crippen LogP contribution < -0.4 is 9.80 Å². The molecular weight excluding hydrogens is 388 g/mol. The second-order valence-electron chi connectivity index (χ2n) is 8.36. The van der Waals surface area contributed by atoms with Gasteiger partial charge in [-0.3, -0.25) is 0 Å². The summed E-state index contributed by atoms with van der Waals surface area (Å²) in [6, 6.07) is 39.1. The molecule has 2 heteroatoms. The molecule has 0 aromatic heterocycles. The molecule has 0 fully saturated rings. The number of rotatable bonds is 6. The summed E-state index contributed by atoms with van der Waals surface area (Å²) in [6.45, 7) is 0. The molecule has 0 unspecified atom stereocenters. The van der Waals surface area contributed by atoms with Crippen molar-refractivity contribution in [1.82, 2.24) is 0 Å². The van der Waals surface area contributed by atoms with E-state index in [9.17, 15) is 0 Å². The van der Waals surface area contributed by atoms with Crippen molar-refractivity contribution in [2.45, 2.75) is 0 Å². The molecule has 32 heavy (non-hydrogen) atoms. The Morgan fingerprint density at radius 2 is 0.656 bits per heavy atom. The normalized spacial score (nSPS) is 11.6. The van der Waals surface area contributed by atoms with E-state index >= 15 is 0 Å². The lowest BCUT2D eigenvalue weighted by atomic mass is 9.85. The van der Waals surface area contributed by atoms with Gasteiger partial charge in [-0.1, -0.05) is 84.9 Å². The second-order valence-corrected chi connectivity index (χ2v) is 8.36. The maximum atomic E-state index is 2.23. The van der Waals surface area contributed by atoms with Crippen LogP contribution in [0.15, 0.2) is 109 Å². The average molecular weight is 419 g/mol. The quantitative estimate of drug-likeness (QED) is 0.317. The van der Waals surface area contributed by atoms with Crippen molar-refractivity contribution in [3.05, 3.63) is 131 Å². The minimum absolute atomic E-state index is 1.19. The van der Waals surface area contributed by atoms with Crippen molar-refractivity contribution in [3.63, 3.8) is 0 Å². The van der Waals surface area contributed by atoms with E-state index in [1.807, 2.05) is 0 Å². The highest BCUT2D eigenvalue weighted by Crippen LogP contribution is 2.37. The Labute approximate surface area is 192 Å². The SMILES string of the molecule is CN(C)c1ccc(/C(=C(\c2ccccc2)c2ccc(N(C)C)cc2)c2ccccc2)cc1. The van der Waals surface area contributed by atoms with Crippen LogP contribution in [0.25, 0.3) is 11.1 Å². The van der Waals surface area contributed by atoms with Crippen LogP contribution in [0.5, 0.6) is 0 Å². The van der Waals surface area contributed by atoms with Crippen molar-refractivity contribution < 1.29 is 0 Å². The molecule has 0 aliphatic carbocycles. The molecule has 0 heterocycles. The fourth-order valence-electron chi connectivity index (χ4n) is 3.97. The van der Waals surface area contributed by atoms with Crippen molar-refractivity contribution in [1.29, 1.82) is 0 Å². The maximum absolute atomic E-state index is 2.23. The summed E-state index contributed by atoms with van der Waals surface area (Å²) in [5.41, 5.74) is 9.69. The number of anilines is 2. The Kier molecular flexibility index (Phi) is 6.42. The second kappa shape index (κ2) is 9.57. The third-order valence-corrected chi connectivity index (χ3v) is 5.72. The largest absolute Gasteiger partial charge is 0.378 e. The first-order chi connectivity index (χ1) is 15.5. The van der Waals surface area contributed by atoms with Crippen LogP contribution in [-0.4, -0.2) is 28.2 Å². The molecular formula is C30H30N2. The van der Waals surface area contributed by atoms with Crippen molar-refractivity contribution in [2.24, 2.45) is 0 Å². The van der Waals surface area contributed by atoms with Crippen LogP contribution in [0.4, 0.5) is 11.4 Å². The molecule has 4 aromatic rings. The molecule has 160 valence electrons. The molecule has 0 amide bonds. The van der Waals surface area contributed by atoms with E-state index in [-0.39, 0.29) is 0 Å². The summed E-state index contributed by atoms with van der Waals surface area (Å²) in [4.78, 5) is 4.27. The summed E-state index contributed by atoms with van der Waals surface area (Å²) in [5, 5.41) is 0. The molecule has 0 radical (unpaired) electrons. The van der Waals surface area contributed by atoms with Gasteiger partial charge in [0.1, 0.15) is 0 Å². The Hall–Kier alpha value is -3.78. The lowest BCUT2D eigenvalue weighted by Crippen LogP contribution is -2.08. The fraction of sp³-hybridized carbons (Fsp3) is 0.133. The zero-order valence-corrected chi connectivity index (χ0v) is 19.3. The summed E-state index contributed by atoms with van der Waals surface area (Å²) in [7, 11) is 8.30. The highest BCUT2D eigenvalue weighted by Gasteiger charge is 2.16. The first kappa shape index (κ1) is 21.5. The Morgan fingerprint density at radius 1 is 0.375 bits per heavy atom. The third-order valence-electron chi connectivity index (χ3n) is 5.72. The standard InChI is InChI=1S/C30H30N2/c1-31(2)27-19-15-25(16-20-27)29(23-11-7-5-8-12-23)30(24-13-9-6-10-14-24)26-17-21-28(22-18-26)32(3)4/h5-22H,1-4H3/b30-29+. The molecule has 0 spiro atoms. The Bertz CT molecular complexity index is 1070. The Balaban J connectivity index is 2.01. The van der Waals surface area contributed by atoms with Gasteiger partial charge in [0.15, 0.2) is 0 Å². The molecule has 0 N–H and O–H groups in total. The van der Waals surface area contributed by atoms with Gasteiger partial charge in [-0.2, -0.15) is 0 Å². The molecule has 0 aliphatic rings. The number of hydrogen-bond acceptors (Lipinski definition) is 2. The van der Waals surface area contributed by atoms with Gasteiger partial charge in [0.2, 0.25) is 0 Å². The minimum atomic E-state index is 1.19. The van der Waals surface area contributed by atoms with E-state index in [1.165, 1.54) is 44.8 Å². The molecule has 0 bridgehead atoms. The maximum Gasteiger partial charge on any atom is 0.0361 e. The predicted octanol–water partition coefficient (Wildman–Crippen LogP) is 6.83. The van der Waals surface area contributed by atoms with Gasteiger partial charge in [-0.05, 0) is 57.7 Å². The van der Waals surface area contributed by atoms with Gasteiger partial charge < -0.3 is 9.80 Å². The van der Waals surface area contributed by atoms with Crippen molar-refractivity contribution >= 4 is 22.5 Å². The number of benzene rings is 4. The molecule has 4 aromatic carbocycles. The summed E-state index contributed by atoms with van der Waals surface area (Å²) in [5.74, 6) is 0. The molecule has 0 saturated heterocycles. The summed E-state index contributed by atoms with van der Waals surface area (Å²) < 4.78 is 0. The zero-order chi connectivity index (χ0) is 22.5. The van der Waals surface area contributed by atoms with E-state index in [4.69, 9.17) is 0 Å². The first-order valence-corrected chi connectivity index (χ1v) is 11.0. The molecule has 0 aliphatic heterocycles. The highest BCUT2D eigenvalue weighted by molar-refractivity contribution is 6.04. The minimum Gasteiger partial charge on any atom is -0.378 e. The van der Waals surface area contributed by atoms with E-state index in [1.54, 1.807) is 0 Å². The first-order valence-electron chi connectivity index (χ1n) is 11.0. The van der Waals surface area contributed by atoms with Crippen LogP contribution in [0, 0.1) is 0 Å². The third kappa shape index (κ3) is 4.60. The van der Waals surface area contributed by atoms with Crippen molar-refractivity contribution in [2.75, 3.05) is 38.0 Å². The van der Waals surface area contributed by atoms with Gasteiger partial charge in [0, 0.05) is 39.6 Å². The van der Waals surface area contributed by atoms with Crippen molar-refractivity contribution in [3.8, 4) is 0 Å². The average Bonchev–Trinajstić information content (AvgIpc) is 2.84. The van der Waals surface area contributed by atoms with Gasteiger partial charge in [-0.15, -0.1) is 0 Å². The van der Waals surface area contributed by atoms with E-state index in [2.05, 4.69) is 147 Å². The lowest BCUT2D eigenvalue weighted by Gasteiger charge is -2.20. The number of nitrogens with zero attached hydrogens (tertiary/aromatic N) is 2. The van der Waals surface area contributed by atoms with Gasteiger partial charge >= 0.3 is 0 Å². The number of hydrogen-bond donors (Lipinski definition) is 0. The van der Waals surface area contributed by atoms with Gasteiger partial charge in [0.25, 0.3) is 0 Å². The zero-order valence-electron chi connectivity index (χ0n) is 19.3. The fourth-order valence-corrected chi connectivity index (χ4v) is 3.97. The van der Waals surface area contributed by atoms with Crippen LogP contribution in [0.2, 0.25) is 0 Å². The smallest absolute Gasteiger partial charge is 0.0361 e. The monoisotopic (exact) mass is 418 g/mol.